The Morgan fingerprint density at radius 2 is 1.64 bits per heavy atom. The average Bonchev–Trinajstić information content (AvgIpc) is 2.80. The third-order valence-corrected chi connectivity index (χ3v) is 5.49. The second-order valence-corrected chi connectivity index (χ2v) is 7.85. The van der Waals surface area contributed by atoms with Crippen molar-refractivity contribution >= 4 is 0 Å². The Morgan fingerprint density at radius 3 is 2.30 bits per heavy atom. The molecule has 0 bridgehead atoms. The third kappa shape index (κ3) is 5.57. The molecule has 9 atom stereocenters. The first kappa shape index (κ1) is 25.6. The van der Waals surface area contributed by atoms with Gasteiger partial charge in [-0.25, -0.2) is 0 Å². The van der Waals surface area contributed by atoms with Gasteiger partial charge in [0.25, 0.3) is 0 Å². The summed E-state index contributed by atoms with van der Waals surface area (Å²) in [6.07, 6.45) is -11.3. The number of hydrogen-bond donors (Lipinski definition) is 7. The first-order valence-corrected chi connectivity index (χ1v) is 10.3. The van der Waals surface area contributed by atoms with Crippen LogP contribution in [0.5, 0.6) is 17.2 Å². The van der Waals surface area contributed by atoms with Crippen LogP contribution in [0.25, 0.3) is 0 Å². The molecular formula is C21H30O12. The Hall–Kier alpha value is -2.00. The van der Waals surface area contributed by atoms with E-state index < -0.39 is 61.9 Å². The Labute approximate surface area is 189 Å². The van der Waals surface area contributed by atoms with Gasteiger partial charge in [-0.05, 0) is 24.1 Å². The van der Waals surface area contributed by atoms with Gasteiger partial charge in [-0.15, -0.1) is 6.58 Å². The highest BCUT2D eigenvalue weighted by Gasteiger charge is 2.46. The molecule has 2 aliphatic heterocycles. The van der Waals surface area contributed by atoms with Crippen LogP contribution in [0.1, 0.15) is 5.56 Å². The summed E-state index contributed by atoms with van der Waals surface area (Å²) in [5.41, 5.74) is 0.685. The van der Waals surface area contributed by atoms with Crippen LogP contribution in [-0.4, -0.2) is 111 Å². The highest BCUT2D eigenvalue weighted by Crippen LogP contribution is 2.39. The first-order valence-electron chi connectivity index (χ1n) is 10.3. The van der Waals surface area contributed by atoms with Gasteiger partial charge in [0.2, 0.25) is 12.0 Å². The molecule has 12 heteroatoms. The van der Waals surface area contributed by atoms with Crippen LogP contribution in [0.4, 0.5) is 0 Å². The molecule has 7 N–H and O–H groups in total. The summed E-state index contributed by atoms with van der Waals surface area (Å²) in [6.45, 7) is 2.94. The number of aliphatic hydroxyl groups is 6. The summed E-state index contributed by atoms with van der Waals surface area (Å²) in [6, 6.07) is 3.07. The van der Waals surface area contributed by atoms with Gasteiger partial charge in [-0.2, -0.15) is 0 Å². The van der Waals surface area contributed by atoms with E-state index in [0.717, 1.165) is 0 Å². The normalized spacial score (nSPS) is 36.9. The van der Waals surface area contributed by atoms with Crippen molar-refractivity contribution in [1.82, 2.24) is 0 Å². The second-order valence-electron chi connectivity index (χ2n) is 7.85. The highest BCUT2D eigenvalue weighted by molar-refractivity contribution is 5.53. The molecule has 1 aromatic carbocycles. The van der Waals surface area contributed by atoms with Crippen molar-refractivity contribution in [2.75, 3.05) is 20.3 Å². The molecule has 33 heavy (non-hydrogen) atoms. The van der Waals surface area contributed by atoms with Gasteiger partial charge in [0.15, 0.2) is 17.8 Å². The number of aromatic hydroxyl groups is 1. The molecular weight excluding hydrogens is 444 g/mol. The van der Waals surface area contributed by atoms with Crippen molar-refractivity contribution in [3.8, 4) is 17.2 Å². The summed E-state index contributed by atoms with van der Waals surface area (Å²) < 4.78 is 26.8. The van der Waals surface area contributed by atoms with Crippen LogP contribution in [-0.2, 0) is 20.6 Å². The SMILES string of the molecule is C=CCc1cc(OC)c(O)c(OC2OC(COC3OCC(O)C(O)C3O)C(O)C(O)C2O)c1. The van der Waals surface area contributed by atoms with Crippen molar-refractivity contribution < 1.29 is 59.4 Å². The number of methoxy groups -OCH3 is 1. The van der Waals surface area contributed by atoms with Crippen molar-refractivity contribution in [3.63, 3.8) is 0 Å². The number of hydrogen-bond acceptors (Lipinski definition) is 12. The Bertz CT molecular complexity index is 804. The minimum atomic E-state index is -1.69. The minimum absolute atomic E-state index is 0.0957. The highest BCUT2D eigenvalue weighted by atomic mass is 16.7. The van der Waals surface area contributed by atoms with Gasteiger partial charge in [-0.1, -0.05) is 6.08 Å². The lowest BCUT2D eigenvalue weighted by molar-refractivity contribution is -0.307. The molecule has 0 aliphatic carbocycles. The fourth-order valence-electron chi connectivity index (χ4n) is 3.56. The Balaban J connectivity index is 1.72. The summed E-state index contributed by atoms with van der Waals surface area (Å²) in [5.74, 6) is -0.346. The molecule has 0 spiro atoms. The molecule has 2 fully saturated rings. The van der Waals surface area contributed by atoms with E-state index in [1.54, 1.807) is 12.1 Å². The van der Waals surface area contributed by atoms with Gasteiger partial charge in [0.1, 0.15) is 42.7 Å². The summed E-state index contributed by atoms with van der Waals surface area (Å²) in [5, 5.41) is 70.5. The van der Waals surface area contributed by atoms with Crippen LogP contribution < -0.4 is 9.47 Å². The Kier molecular flexibility index (Phi) is 8.50. The molecule has 186 valence electrons. The van der Waals surface area contributed by atoms with Crippen LogP contribution in [0, 0.1) is 0 Å². The summed E-state index contributed by atoms with van der Waals surface area (Å²) in [7, 11) is 1.35. The second kappa shape index (κ2) is 11.0. The van der Waals surface area contributed by atoms with Crippen molar-refractivity contribution in [2.24, 2.45) is 0 Å². The average molecular weight is 474 g/mol. The third-order valence-electron chi connectivity index (χ3n) is 5.49. The van der Waals surface area contributed by atoms with Gasteiger partial charge >= 0.3 is 0 Å². The summed E-state index contributed by atoms with van der Waals surface area (Å²) >= 11 is 0. The molecule has 0 saturated carbocycles. The lowest BCUT2D eigenvalue weighted by Crippen LogP contribution is -2.61. The first-order chi connectivity index (χ1) is 15.7. The lowest BCUT2D eigenvalue weighted by atomic mass is 9.99. The minimum Gasteiger partial charge on any atom is -0.502 e. The van der Waals surface area contributed by atoms with Crippen LogP contribution in [0.15, 0.2) is 24.8 Å². The van der Waals surface area contributed by atoms with E-state index in [-0.39, 0.29) is 23.9 Å². The predicted molar refractivity (Wildman–Crippen MR) is 110 cm³/mol. The monoisotopic (exact) mass is 474 g/mol. The van der Waals surface area contributed by atoms with E-state index in [1.807, 2.05) is 0 Å². The zero-order chi connectivity index (χ0) is 24.3. The molecule has 0 amide bonds. The molecule has 2 heterocycles. The summed E-state index contributed by atoms with van der Waals surface area (Å²) in [4.78, 5) is 0. The molecule has 1 aromatic rings. The van der Waals surface area contributed by atoms with E-state index in [0.29, 0.717) is 12.0 Å². The number of rotatable bonds is 8. The number of ether oxygens (including phenoxy) is 5. The van der Waals surface area contributed by atoms with Crippen molar-refractivity contribution in [1.29, 1.82) is 0 Å². The lowest BCUT2D eigenvalue weighted by Gasteiger charge is -2.41. The van der Waals surface area contributed by atoms with Crippen LogP contribution >= 0.6 is 0 Å². The maximum atomic E-state index is 10.4. The quantitative estimate of drug-likeness (QED) is 0.201. The molecule has 2 aliphatic rings. The fourth-order valence-corrected chi connectivity index (χ4v) is 3.56. The van der Waals surface area contributed by atoms with Gasteiger partial charge in [0.05, 0.1) is 20.3 Å². The molecule has 2 saturated heterocycles. The number of phenols is 1. The maximum absolute atomic E-state index is 10.4. The van der Waals surface area contributed by atoms with E-state index in [4.69, 9.17) is 23.7 Å². The number of allylic oxidation sites excluding steroid dienone is 1. The maximum Gasteiger partial charge on any atom is 0.229 e. The van der Waals surface area contributed by atoms with Crippen molar-refractivity contribution in [2.45, 2.75) is 61.7 Å². The number of benzene rings is 1. The largest absolute Gasteiger partial charge is 0.502 e. The van der Waals surface area contributed by atoms with Gasteiger partial charge < -0.3 is 59.4 Å². The van der Waals surface area contributed by atoms with E-state index in [9.17, 15) is 35.7 Å². The van der Waals surface area contributed by atoms with Crippen molar-refractivity contribution in [3.05, 3.63) is 30.4 Å². The Morgan fingerprint density at radius 1 is 0.970 bits per heavy atom. The van der Waals surface area contributed by atoms with E-state index >= 15 is 0 Å². The smallest absolute Gasteiger partial charge is 0.229 e. The molecule has 0 radical (unpaired) electrons. The van der Waals surface area contributed by atoms with Crippen LogP contribution in [0.3, 0.4) is 0 Å². The zero-order valence-corrected chi connectivity index (χ0v) is 17.9. The van der Waals surface area contributed by atoms with Crippen LogP contribution in [0.2, 0.25) is 0 Å². The molecule has 3 rings (SSSR count). The zero-order valence-electron chi connectivity index (χ0n) is 17.9. The van der Waals surface area contributed by atoms with Gasteiger partial charge in [0, 0.05) is 0 Å². The standard InChI is InChI=1S/C21H30O12/c1-3-4-9-5-11(29-2)15(24)12(6-9)32-21-19(28)17(26)16(25)13(33-21)8-31-20-18(27)14(23)10(22)7-30-20/h3,5-6,10,13-14,16-28H,1,4,7-8H2,2H3. The van der Waals surface area contributed by atoms with Gasteiger partial charge in [-0.3, -0.25) is 0 Å². The number of aliphatic hydroxyl groups excluding tert-OH is 6. The molecule has 12 nitrogen and oxygen atoms in total. The number of phenolic OH excluding ortho intramolecular Hbond substituents is 1. The molecule has 0 aromatic heterocycles. The van der Waals surface area contributed by atoms with E-state index in [1.165, 1.54) is 13.2 Å². The predicted octanol–water partition coefficient (Wildman–Crippen LogP) is -2.23. The topological polar surface area (TPSA) is 188 Å². The fraction of sp³-hybridized carbons (Fsp3) is 0.619. The van der Waals surface area contributed by atoms with E-state index in [2.05, 4.69) is 6.58 Å². The molecule has 9 unspecified atom stereocenters.